The molecule has 0 aromatic heterocycles. The molecule has 1 aliphatic carbocycles. The lowest BCUT2D eigenvalue weighted by atomic mass is 9.89. The summed E-state index contributed by atoms with van der Waals surface area (Å²) < 4.78 is 0. The second kappa shape index (κ2) is 6.56. The van der Waals surface area contributed by atoms with Gasteiger partial charge < -0.3 is 10.0 Å². The highest BCUT2D eigenvalue weighted by Crippen LogP contribution is 2.28. The molecule has 0 amide bonds. The first-order valence-electron chi connectivity index (χ1n) is 7.22. The molecule has 0 heterocycles. The molecule has 2 rings (SSSR count). The van der Waals surface area contributed by atoms with Crippen molar-refractivity contribution in [2.75, 3.05) is 18.5 Å². The number of rotatable bonds is 5. The number of nitro benzene ring substituents is 1. The van der Waals surface area contributed by atoms with Crippen LogP contribution in [0.4, 0.5) is 11.4 Å². The van der Waals surface area contributed by atoms with Gasteiger partial charge in [0.05, 0.1) is 4.92 Å². The fourth-order valence-electron chi connectivity index (χ4n) is 2.95. The lowest BCUT2D eigenvalue weighted by Crippen LogP contribution is -2.26. The molecule has 0 spiro atoms. The topological polar surface area (TPSA) is 83.7 Å². The van der Waals surface area contributed by atoms with E-state index in [0.717, 1.165) is 6.54 Å². The second-order valence-corrected chi connectivity index (χ2v) is 5.65. The van der Waals surface area contributed by atoms with Crippen molar-refractivity contribution in [2.24, 2.45) is 5.92 Å². The molecule has 6 nitrogen and oxygen atoms in total. The summed E-state index contributed by atoms with van der Waals surface area (Å²) >= 11 is 0. The lowest BCUT2D eigenvalue weighted by Gasteiger charge is -2.28. The molecule has 0 bridgehead atoms. The average Bonchev–Trinajstić information content (AvgIpc) is 2.47. The van der Waals surface area contributed by atoms with Gasteiger partial charge in [0.2, 0.25) is 0 Å². The Morgan fingerprint density at radius 1 is 1.38 bits per heavy atom. The minimum atomic E-state index is -1.27. The Kier molecular flexibility index (Phi) is 4.77. The molecule has 0 unspecified atom stereocenters. The van der Waals surface area contributed by atoms with Crippen LogP contribution >= 0.6 is 0 Å². The largest absolute Gasteiger partial charge is 0.477 e. The molecule has 1 aromatic rings. The van der Waals surface area contributed by atoms with Crippen LogP contribution in [0, 0.1) is 16.0 Å². The molecule has 0 saturated heterocycles. The number of anilines is 1. The van der Waals surface area contributed by atoms with E-state index in [2.05, 4.69) is 0 Å². The Morgan fingerprint density at radius 3 is 2.62 bits per heavy atom. The first-order chi connectivity index (χ1) is 9.99. The van der Waals surface area contributed by atoms with E-state index in [-0.39, 0.29) is 11.3 Å². The zero-order valence-corrected chi connectivity index (χ0v) is 12.1. The van der Waals surface area contributed by atoms with E-state index in [0.29, 0.717) is 11.6 Å². The second-order valence-electron chi connectivity index (χ2n) is 5.65. The van der Waals surface area contributed by atoms with Crippen LogP contribution in [0.1, 0.15) is 42.5 Å². The normalized spacial score (nSPS) is 15.7. The molecule has 114 valence electrons. The van der Waals surface area contributed by atoms with E-state index in [1.807, 2.05) is 11.9 Å². The van der Waals surface area contributed by atoms with E-state index in [1.54, 1.807) is 6.07 Å². The monoisotopic (exact) mass is 292 g/mol. The van der Waals surface area contributed by atoms with Crippen molar-refractivity contribution >= 4 is 17.3 Å². The Bertz CT molecular complexity index is 538. The van der Waals surface area contributed by atoms with E-state index < -0.39 is 10.9 Å². The summed E-state index contributed by atoms with van der Waals surface area (Å²) in [5, 5.41) is 20.0. The minimum absolute atomic E-state index is 0.269. The zero-order chi connectivity index (χ0) is 15.4. The SMILES string of the molecule is CN(CC1CCCCC1)c1ccc(C(=O)O)c([N+](=O)[O-])c1. The highest BCUT2D eigenvalue weighted by atomic mass is 16.6. The van der Waals surface area contributed by atoms with Crippen molar-refractivity contribution in [3.8, 4) is 0 Å². The summed E-state index contributed by atoms with van der Waals surface area (Å²) in [5.74, 6) is -0.662. The van der Waals surface area contributed by atoms with Gasteiger partial charge in [-0.15, -0.1) is 0 Å². The van der Waals surface area contributed by atoms with Gasteiger partial charge in [0.25, 0.3) is 5.69 Å². The van der Waals surface area contributed by atoms with Crippen LogP contribution in [-0.4, -0.2) is 29.6 Å². The third kappa shape index (κ3) is 3.71. The molecule has 1 saturated carbocycles. The molecule has 6 heteroatoms. The van der Waals surface area contributed by atoms with Gasteiger partial charge in [0, 0.05) is 25.3 Å². The number of carboxylic acids is 1. The van der Waals surface area contributed by atoms with Gasteiger partial charge in [-0.3, -0.25) is 10.1 Å². The maximum atomic E-state index is 11.0. The van der Waals surface area contributed by atoms with E-state index in [4.69, 9.17) is 5.11 Å². The van der Waals surface area contributed by atoms with Gasteiger partial charge in [0.1, 0.15) is 5.56 Å². The molecule has 1 N–H and O–H groups in total. The smallest absolute Gasteiger partial charge is 0.342 e. The van der Waals surface area contributed by atoms with Crippen LogP contribution in [0.25, 0.3) is 0 Å². The van der Waals surface area contributed by atoms with Crippen molar-refractivity contribution in [2.45, 2.75) is 32.1 Å². The molecule has 1 fully saturated rings. The highest BCUT2D eigenvalue weighted by Gasteiger charge is 2.22. The van der Waals surface area contributed by atoms with E-state index in [9.17, 15) is 14.9 Å². The molecular weight excluding hydrogens is 272 g/mol. The van der Waals surface area contributed by atoms with Crippen molar-refractivity contribution in [1.82, 2.24) is 0 Å². The number of aromatic carboxylic acids is 1. The number of benzene rings is 1. The molecule has 1 aliphatic rings. The third-order valence-electron chi connectivity index (χ3n) is 4.11. The minimum Gasteiger partial charge on any atom is -0.477 e. The summed E-state index contributed by atoms with van der Waals surface area (Å²) in [4.78, 5) is 23.4. The van der Waals surface area contributed by atoms with Gasteiger partial charge in [-0.25, -0.2) is 4.79 Å². The Morgan fingerprint density at radius 2 is 2.05 bits per heavy atom. The zero-order valence-electron chi connectivity index (χ0n) is 12.1. The molecule has 0 atom stereocenters. The highest BCUT2D eigenvalue weighted by molar-refractivity contribution is 5.93. The first-order valence-corrected chi connectivity index (χ1v) is 7.22. The quantitative estimate of drug-likeness (QED) is 0.665. The van der Waals surface area contributed by atoms with Gasteiger partial charge >= 0.3 is 5.97 Å². The molecule has 21 heavy (non-hydrogen) atoms. The summed E-state index contributed by atoms with van der Waals surface area (Å²) in [6.45, 7) is 0.851. The van der Waals surface area contributed by atoms with Crippen molar-refractivity contribution < 1.29 is 14.8 Å². The van der Waals surface area contributed by atoms with E-state index in [1.165, 1.54) is 44.2 Å². The number of carboxylic acid groups (broad SMARTS) is 1. The van der Waals surface area contributed by atoms with Crippen LogP contribution in [-0.2, 0) is 0 Å². The van der Waals surface area contributed by atoms with Crippen LogP contribution in [0.5, 0.6) is 0 Å². The molecule has 1 aromatic carbocycles. The van der Waals surface area contributed by atoms with Crippen molar-refractivity contribution in [1.29, 1.82) is 0 Å². The predicted molar refractivity (Wildman–Crippen MR) is 79.9 cm³/mol. The fraction of sp³-hybridized carbons (Fsp3) is 0.533. The molecule has 0 aliphatic heterocycles. The van der Waals surface area contributed by atoms with Crippen LogP contribution in [0.15, 0.2) is 18.2 Å². The van der Waals surface area contributed by atoms with Gasteiger partial charge in [-0.2, -0.15) is 0 Å². The first kappa shape index (κ1) is 15.3. The number of carbonyl (C=O) groups is 1. The van der Waals surface area contributed by atoms with Crippen LogP contribution in [0.3, 0.4) is 0 Å². The van der Waals surface area contributed by atoms with Crippen molar-refractivity contribution in [3.05, 3.63) is 33.9 Å². The maximum Gasteiger partial charge on any atom is 0.342 e. The summed E-state index contributed by atoms with van der Waals surface area (Å²) in [7, 11) is 1.90. The third-order valence-corrected chi connectivity index (χ3v) is 4.11. The number of nitro groups is 1. The summed E-state index contributed by atoms with van der Waals surface area (Å²) in [5.41, 5.74) is 0.0718. The van der Waals surface area contributed by atoms with Crippen LogP contribution < -0.4 is 4.90 Å². The lowest BCUT2D eigenvalue weighted by molar-refractivity contribution is -0.385. The van der Waals surface area contributed by atoms with Gasteiger partial charge in [0.15, 0.2) is 0 Å². The van der Waals surface area contributed by atoms with Crippen molar-refractivity contribution in [3.63, 3.8) is 0 Å². The van der Waals surface area contributed by atoms with Gasteiger partial charge in [-0.1, -0.05) is 19.3 Å². The number of nitrogens with zero attached hydrogens (tertiary/aromatic N) is 2. The Hall–Kier alpha value is -2.11. The van der Waals surface area contributed by atoms with E-state index >= 15 is 0 Å². The summed E-state index contributed by atoms with van der Waals surface area (Å²) in [6.07, 6.45) is 6.17. The maximum absolute atomic E-state index is 11.0. The average molecular weight is 292 g/mol. The standard InChI is InChI=1S/C15H20N2O4/c1-16(10-11-5-3-2-4-6-11)12-7-8-13(15(18)19)14(9-12)17(20)21/h7-9,11H,2-6,10H2,1H3,(H,18,19). The molecule has 0 radical (unpaired) electrons. The van der Waals surface area contributed by atoms with Gasteiger partial charge in [-0.05, 0) is 30.9 Å². The number of hydrogen-bond acceptors (Lipinski definition) is 4. The Balaban J connectivity index is 2.17. The number of hydrogen-bond donors (Lipinski definition) is 1. The van der Waals surface area contributed by atoms with Crippen LogP contribution in [0.2, 0.25) is 0 Å². The summed E-state index contributed by atoms with van der Waals surface area (Å²) in [6, 6.07) is 4.30. The Labute approximate surface area is 123 Å². The fourth-order valence-corrected chi connectivity index (χ4v) is 2.95. The predicted octanol–water partition coefficient (Wildman–Crippen LogP) is 3.31. The molecular formula is C15H20N2O4.